The molecule has 0 fully saturated rings. The van der Waals surface area contributed by atoms with E-state index in [-0.39, 0.29) is 5.92 Å². The van der Waals surface area contributed by atoms with E-state index in [1.54, 1.807) is 0 Å². The first-order valence-electron chi connectivity index (χ1n) is 7.60. The van der Waals surface area contributed by atoms with Gasteiger partial charge in [-0.05, 0) is 35.5 Å². The molecule has 0 heterocycles. The summed E-state index contributed by atoms with van der Waals surface area (Å²) >= 11 is 0. The highest BCUT2D eigenvalue weighted by Crippen LogP contribution is 2.27. The third kappa shape index (κ3) is 4.68. The molecule has 2 aromatic rings. The minimum Gasteiger partial charge on any atom is -0.393 e. The standard InChI is InChI=1S/C20H22O2/c1-16(17-8-4-2-5-9-17)14-20(22)15-19(12-13-21)18-10-6-3-7-11-18/h2-11,13,19-20,22H,1,12,14-15H2/t19-,20-/m1/s1. The Morgan fingerprint density at radius 1 is 1.05 bits per heavy atom. The van der Waals surface area contributed by atoms with Gasteiger partial charge in [-0.1, -0.05) is 67.2 Å². The Hall–Kier alpha value is -2.19. The van der Waals surface area contributed by atoms with Crippen LogP contribution in [0.5, 0.6) is 0 Å². The summed E-state index contributed by atoms with van der Waals surface area (Å²) < 4.78 is 0. The zero-order valence-corrected chi connectivity index (χ0v) is 12.7. The summed E-state index contributed by atoms with van der Waals surface area (Å²) in [6, 6.07) is 19.8. The summed E-state index contributed by atoms with van der Waals surface area (Å²) in [7, 11) is 0. The number of benzene rings is 2. The lowest BCUT2D eigenvalue weighted by atomic mass is 9.88. The van der Waals surface area contributed by atoms with Gasteiger partial charge in [0.25, 0.3) is 0 Å². The lowest BCUT2D eigenvalue weighted by Crippen LogP contribution is -2.13. The van der Waals surface area contributed by atoms with Crippen LogP contribution in [0.25, 0.3) is 5.57 Å². The van der Waals surface area contributed by atoms with Crippen molar-refractivity contribution in [1.29, 1.82) is 0 Å². The Morgan fingerprint density at radius 2 is 1.64 bits per heavy atom. The monoisotopic (exact) mass is 294 g/mol. The maximum Gasteiger partial charge on any atom is 0.120 e. The van der Waals surface area contributed by atoms with Crippen molar-refractivity contribution < 1.29 is 9.90 Å². The molecule has 0 aliphatic heterocycles. The van der Waals surface area contributed by atoms with Gasteiger partial charge < -0.3 is 9.90 Å². The molecule has 2 atom stereocenters. The van der Waals surface area contributed by atoms with E-state index >= 15 is 0 Å². The van der Waals surface area contributed by atoms with E-state index in [0.29, 0.717) is 19.3 Å². The lowest BCUT2D eigenvalue weighted by molar-refractivity contribution is -0.108. The summed E-state index contributed by atoms with van der Waals surface area (Å²) in [6.07, 6.45) is 1.94. The van der Waals surface area contributed by atoms with Crippen molar-refractivity contribution in [2.45, 2.75) is 31.3 Å². The van der Waals surface area contributed by atoms with Crippen molar-refractivity contribution in [2.24, 2.45) is 0 Å². The maximum atomic E-state index is 10.9. The first kappa shape index (κ1) is 16.2. The number of aliphatic hydroxyl groups excluding tert-OH is 1. The van der Waals surface area contributed by atoms with Crippen molar-refractivity contribution >= 4 is 11.9 Å². The number of rotatable bonds is 8. The summed E-state index contributed by atoms with van der Waals surface area (Å²) in [6.45, 7) is 4.06. The molecule has 0 saturated carbocycles. The van der Waals surface area contributed by atoms with E-state index in [1.807, 2.05) is 60.7 Å². The van der Waals surface area contributed by atoms with E-state index in [0.717, 1.165) is 23.0 Å². The Morgan fingerprint density at radius 3 is 2.23 bits per heavy atom. The molecular formula is C20H22O2. The molecule has 0 spiro atoms. The van der Waals surface area contributed by atoms with E-state index in [2.05, 4.69) is 6.58 Å². The van der Waals surface area contributed by atoms with Crippen molar-refractivity contribution in [3.63, 3.8) is 0 Å². The molecule has 0 radical (unpaired) electrons. The fourth-order valence-electron chi connectivity index (χ4n) is 2.70. The minimum absolute atomic E-state index is 0.0530. The van der Waals surface area contributed by atoms with Gasteiger partial charge in [-0.2, -0.15) is 0 Å². The van der Waals surface area contributed by atoms with Crippen molar-refractivity contribution in [2.75, 3.05) is 0 Å². The third-order valence-corrected chi connectivity index (χ3v) is 3.87. The summed E-state index contributed by atoms with van der Waals surface area (Å²) in [4.78, 5) is 10.9. The predicted octanol–water partition coefficient (Wildman–Crippen LogP) is 4.21. The first-order valence-corrected chi connectivity index (χ1v) is 7.60. The van der Waals surface area contributed by atoms with E-state index in [4.69, 9.17) is 0 Å². The highest BCUT2D eigenvalue weighted by atomic mass is 16.3. The summed E-state index contributed by atoms with van der Waals surface area (Å²) in [5.41, 5.74) is 3.07. The molecule has 0 aromatic heterocycles. The van der Waals surface area contributed by atoms with Crippen LogP contribution in [0, 0.1) is 0 Å². The molecule has 1 N–H and O–H groups in total. The molecule has 2 aromatic carbocycles. The predicted molar refractivity (Wildman–Crippen MR) is 90.6 cm³/mol. The van der Waals surface area contributed by atoms with Crippen LogP contribution in [0.4, 0.5) is 0 Å². The van der Waals surface area contributed by atoms with Crippen molar-refractivity contribution in [1.82, 2.24) is 0 Å². The number of aliphatic hydroxyl groups is 1. The van der Waals surface area contributed by atoms with Crippen LogP contribution in [0.1, 0.15) is 36.3 Å². The Balaban J connectivity index is 1.98. The van der Waals surface area contributed by atoms with Gasteiger partial charge >= 0.3 is 0 Å². The minimum atomic E-state index is -0.502. The number of hydrogen-bond donors (Lipinski definition) is 1. The average Bonchev–Trinajstić information content (AvgIpc) is 2.56. The SMILES string of the molecule is C=C(C[C@@H](O)C[C@@H](CC=O)c1ccccc1)c1ccccc1. The zero-order chi connectivity index (χ0) is 15.8. The molecule has 0 saturated heterocycles. The van der Waals surface area contributed by atoms with Crippen LogP contribution in [0.15, 0.2) is 67.2 Å². The molecule has 2 heteroatoms. The Bertz CT molecular complexity index is 590. The average molecular weight is 294 g/mol. The molecule has 114 valence electrons. The van der Waals surface area contributed by atoms with Gasteiger partial charge in [0.05, 0.1) is 6.10 Å². The highest BCUT2D eigenvalue weighted by molar-refractivity contribution is 5.63. The van der Waals surface area contributed by atoms with Crippen molar-refractivity contribution in [3.8, 4) is 0 Å². The van der Waals surface area contributed by atoms with Crippen LogP contribution in [0.3, 0.4) is 0 Å². The third-order valence-electron chi connectivity index (χ3n) is 3.87. The van der Waals surface area contributed by atoms with Gasteiger partial charge in [-0.25, -0.2) is 0 Å². The molecule has 0 aliphatic carbocycles. The normalized spacial score (nSPS) is 13.3. The zero-order valence-electron chi connectivity index (χ0n) is 12.7. The second-order valence-corrected chi connectivity index (χ2v) is 5.57. The van der Waals surface area contributed by atoms with Crippen LogP contribution in [-0.2, 0) is 4.79 Å². The van der Waals surface area contributed by atoms with Gasteiger partial charge in [0.2, 0.25) is 0 Å². The largest absolute Gasteiger partial charge is 0.393 e. The number of hydrogen-bond acceptors (Lipinski definition) is 2. The number of aldehydes is 1. The van der Waals surface area contributed by atoms with Gasteiger partial charge in [-0.15, -0.1) is 0 Å². The smallest absolute Gasteiger partial charge is 0.120 e. The quantitative estimate of drug-likeness (QED) is 0.740. The van der Waals surface area contributed by atoms with Gasteiger partial charge in [-0.3, -0.25) is 0 Å². The van der Waals surface area contributed by atoms with Gasteiger partial charge in [0.15, 0.2) is 0 Å². The Labute approximate surface area is 132 Å². The second-order valence-electron chi connectivity index (χ2n) is 5.57. The first-order chi connectivity index (χ1) is 10.7. The van der Waals surface area contributed by atoms with Crippen molar-refractivity contribution in [3.05, 3.63) is 78.4 Å². The van der Waals surface area contributed by atoms with E-state index < -0.39 is 6.10 Å². The van der Waals surface area contributed by atoms with Crippen LogP contribution < -0.4 is 0 Å². The molecule has 2 nitrogen and oxygen atoms in total. The molecular weight excluding hydrogens is 272 g/mol. The molecule has 0 amide bonds. The van der Waals surface area contributed by atoms with Crippen LogP contribution >= 0.6 is 0 Å². The molecule has 0 aliphatic rings. The molecule has 2 rings (SSSR count). The Kier molecular flexibility index (Phi) is 6.11. The van der Waals surface area contributed by atoms with E-state index in [1.165, 1.54) is 0 Å². The molecule has 22 heavy (non-hydrogen) atoms. The summed E-state index contributed by atoms with van der Waals surface area (Å²) in [5.74, 6) is 0.0530. The topological polar surface area (TPSA) is 37.3 Å². The highest BCUT2D eigenvalue weighted by Gasteiger charge is 2.17. The number of carbonyl (C=O) groups is 1. The second kappa shape index (κ2) is 8.30. The van der Waals surface area contributed by atoms with Crippen LogP contribution in [-0.4, -0.2) is 17.5 Å². The maximum absolute atomic E-state index is 10.9. The fraction of sp³-hybridized carbons (Fsp3) is 0.250. The lowest BCUT2D eigenvalue weighted by Gasteiger charge is -2.20. The van der Waals surface area contributed by atoms with Crippen LogP contribution in [0.2, 0.25) is 0 Å². The number of carbonyl (C=O) groups excluding carboxylic acids is 1. The van der Waals surface area contributed by atoms with E-state index in [9.17, 15) is 9.90 Å². The van der Waals surface area contributed by atoms with Gasteiger partial charge in [0.1, 0.15) is 6.29 Å². The summed E-state index contributed by atoms with van der Waals surface area (Å²) in [5, 5.41) is 10.4. The molecule has 0 bridgehead atoms. The van der Waals surface area contributed by atoms with Gasteiger partial charge in [0, 0.05) is 6.42 Å². The fourth-order valence-corrected chi connectivity index (χ4v) is 2.70. The molecule has 0 unspecified atom stereocenters.